The summed E-state index contributed by atoms with van der Waals surface area (Å²) in [5, 5.41) is 0. The second kappa shape index (κ2) is 7.34. The van der Waals surface area contributed by atoms with Gasteiger partial charge < -0.3 is 0 Å². The van der Waals surface area contributed by atoms with Crippen LogP contribution in [0.25, 0.3) is 0 Å². The molecule has 0 nitrogen and oxygen atoms in total. The topological polar surface area (TPSA) is 0 Å². The van der Waals surface area contributed by atoms with Gasteiger partial charge in [-0.05, 0) is 39.9 Å². The van der Waals surface area contributed by atoms with Crippen LogP contribution in [0.15, 0.2) is 18.2 Å². The van der Waals surface area contributed by atoms with E-state index in [2.05, 4.69) is 81.4 Å². The molecule has 0 N–H and O–H groups in total. The molecule has 0 aliphatic rings. The minimum absolute atomic E-state index is 0.226. The van der Waals surface area contributed by atoms with Gasteiger partial charge in [-0.1, -0.05) is 80.4 Å². The van der Waals surface area contributed by atoms with Crippen molar-refractivity contribution in [2.75, 3.05) is 0 Å². The maximum Gasteiger partial charge on any atom is 0.0606 e. The predicted octanol–water partition coefficient (Wildman–Crippen LogP) is 6.00. The van der Waals surface area contributed by atoms with Crippen molar-refractivity contribution in [2.45, 2.75) is 85.4 Å². The van der Waals surface area contributed by atoms with Gasteiger partial charge in [0.1, 0.15) is 0 Å². The van der Waals surface area contributed by atoms with Crippen molar-refractivity contribution in [3.8, 4) is 0 Å². The van der Waals surface area contributed by atoms with Gasteiger partial charge in [0.15, 0.2) is 0 Å². The molecule has 1 rings (SSSR count). The van der Waals surface area contributed by atoms with Gasteiger partial charge in [0.25, 0.3) is 0 Å². The Balaban J connectivity index is 0.00000172. The minimum Gasteiger partial charge on any atom is -0.0999 e. The molecule has 1 aromatic carbocycles. The summed E-state index contributed by atoms with van der Waals surface area (Å²) < 4.78 is 0. The van der Waals surface area contributed by atoms with E-state index >= 15 is 0 Å². The summed E-state index contributed by atoms with van der Waals surface area (Å²) in [6.45, 7) is 19.9. The molecule has 0 aliphatic heterocycles. The molecule has 0 aromatic heterocycles. The van der Waals surface area contributed by atoms with Crippen LogP contribution in [-0.2, 0) is 10.8 Å². The third kappa shape index (κ3) is 5.35. The van der Waals surface area contributed by atoms with E-state index in [4.69, 9.17) is 0 Å². The molecule has 112 valence electrons. The van der Waals surface area contributed by atoms with Crippen molar-refractivity contribution >= 4 is 7.85 Å². The lowest BCUT2D eigenvalue weighted by molar-refractivity contribution is 0.564. The Morgan fingerprint density at radius 1 is 0.850 bits per heavy atom. The van der Waals surface area contributed by atoms with E-state index < -0.39 is 0 Å². The van der Waals surface area contributed by atoms with Crippen LogP contribution in [0.1, 0.15) is 84.4 Å². The Kier molecular flexibility index (Phi) is 7.08. The molecule has 0 saturated heterocycles. The molecule has 1 aromatic rings. The summed E-state index contributed by atoms with van der Waals surface area (Å²) in [6.07, 6.45) is 1.21. The van der Waals surface area contributed by atoms with Crippen LogP contribution in [0.4, 0.5) is 0 Å². The van der Waals surface area contributed by atoms with Crippen LogP contribution in [-0.4, -0.2) is 7.85 Å². The summed E-state index contributed by atoms with van der Waals surface area (Å²) in [5.74, 6) is 0.647. The highest BCUT2D eigenvalue weighted by Crippen LogP contribution is 2.33. The van der Waals surface area contributed by atoms with Gasteiger partial charge >= 0.3 is 0 Å². The third-order valence-corrected chi connectivity index (χ3v) is 3.87. The van der Waals surface area contributed by atoms with Crippen molar-refractivity contribution in [3.05, 3.63) is 34.9 Å². The first-order chi connectivity index (χ1) is 9.05. The van der Waals surface area contributed by atoms with Crippen LogP contribution >= 0.6 is 0 Å². The van der Waals surface area contributed by atoms with E-state index in [1.165, 1.54) is 29.9 Å². The molecule has 0 amide bonds. The Morgan fingerprint density at radius 2 is 1.20 bits per heavy atom. The lowest BCUT2D eigenvalue weighted by Gasteiger charge is -2.27. The zero-order valence-electron chi connectivity index (χ0n) is 15.1. The van der Waals surface area contributed by atoms with E-state index in [1.54, 1.807) is 0 Å². The maximum absolute atomic E-state index is 4.50. The Morgan fingerprint density at radius 3 is 1.45 bits per heavy atom. The van der Waals surface area contributed by atoms with Crippen LogP contribution in [0.3, 0.4) is 0 Å². The van der Waals surface area contributed by atoms with E-state index in [-0.39, 0.29) is 10.8 Å². The highest BCUT2D eigenvalue weighted by molar-refractivity contribution is 6.05. The van der Waals surface area contributed by atoms with Crippen LogP contribution in [0.5, 0.6) is 0 Å². The molecule has 0 spiro atoms. The first kappa shape index (κ1) is 19.3. The zero-order valence-corrected chi connectivity index (χ0v) is 15.1. The fourth-order valence-electron chi connectivity index (χ4n) is 2.04. The second-order valence-corrected chi connectivity index (χ2v) is 7.65. The molecule has 0 heterocycles. The number of rotatable bonds is 2. The lowest BCUT2D eigenvalue weighted by atomic mass is 9.78. The summed E-state index contributed by atoms with van der Waals surface area (Å²) in [6, 6.07) is 7.21. The molecule has 20 heavy (non-hydrogen) atoms. The normalized spacial score (nSPS) is 13.4. The largest absolute Gasteiger partial charge is 0.0999 e. The molecule has 0 bridgehead atoms. The molecular formula is C19H33B. The predicted molar refractivity (Wildman–Crippen MR) is 94.2 cm³/mol. The SMILES string of the molecule is CCC(C)c1cc(C(C)(C)C)cc(C(C)(C)C)c1.[B]C. The van der Waals surface area contributed by atoms with Crippen molar-refractivity contribution in [3.63, 3.8) is 0 Å². The molecule has 1 unspecified atom stereocenters. The van der Waals surface area contributed by atoms with E-state index in [1.807, 2.05) is 0 Å². The molecular weight excluding hydrogens is 239 g/mol. The standard InChI is InChI=1S/C18H30.CH3B/c1-9-13(2)14-10-15(17(3,4)5)12-16(11-14)18(6,7)8;1-2/h10-13H,9H2,1-8H3;1H3. The maximum atomic E-state index is 4.50. The summed E-state index contributed by atoms with van der Waals surface area (Å²) >= 11 is 0. The summed E-state index contributed by atoms with van der Waals surface area (Å²) in [5.41, 5.74) is 4.87. The minimum atomic E-state index is 0.226. The molecule has 1 heteroatoms. The third-order valence-electron chi connectivity index (χ3n) is 3.87. The highest BCUT2D eigenvalue weighted by Gasteiger charge is 2.21. The first-order valence-corrected chi connectivity index (χ1v) is 7.79. The smallest absolute Gasteiger partial charge is 0.0606 e. The van der Waals surface area contributed by atoms with Gasteiger partial charge in [-0.15, -0.1) is 0 Å². The number of hydrogen-bond donors (Lipinski definition) is 0. The van der Waals surface area contributed by atoms with Gasteiger partial charge in [-0.25, -0.2) is 0 Å². The van der Waals surface area contributed by atoms with Crippen molar-refractivity contribution in [1.82, 2.24) is 0 Å². The number of benzene rings is 1. The molecule has 0 saturated carbocycles. The molecule has 2 radical (unpaired) electrons. The average molecular weight is 272 g/mol. The summed E-state index contributed by atoms with van der Waals surface area (Å²) in [7, 11) is 4.50. The molecule has 1 atom stereocenters. The van der Waals surface area contributed by atoms with Gasteiger partial charge in [0, 0.05) is 0 Å². The second-order valence-electron chi connectivity index (χ2n) is 7.65. The summed E-state index contributed by atoms with van der Waals surface area (Å²) in [4.78, 5) is 0. The van der Waals surface area contributed by atoms with E-state index in [0.717, 1.165) is 0 Å². The first-order valence-electron chi connectivity index (χ1n) is 7.79. The zero-order chi connectivity index (χ0) is 16.1. The fraction of sp³-hybridized carbons (Fsp3) is 0.684. The van der Waals surface area contributed by atoms with E-state index in [9.17, 15) is 0 Å². The fourth-order valence-corrected chi connectivity index (χ4v) is 2.04. The lowest BCUT2D eigenvalue weighted by Crippen LogP contribution is -2.17. The van der Waals surface area contributed by atoms with Crippen molar-refractivity contribution < 1.29 is 0 Å². The molecule has 0 aliphatic carbocycles. The highest BCUT2D eigenvalue weighted by atomic mass is 14.3. The monoisotopic (exact) mass is 272 g/mol. The van der Waals surface area contributed by atoms with Crippen molar-refractivity contribution in [1.29, 1.82) is 0 Å². The van der Waals surface area contributed by atoms with Crippen LogP contribution in [0, 0.1) is 0 Å². The van der Waals surface area contributed by atoms with Gasteiger partial charge in [0.2, 0.25) is 0 Å². The average Bonchev–Trinajstić information content (AvgIpc) is 2.37. The van der Waals surface area contributed by atoms with Crippen molar-refractivity contribution in [2.24, 2.45) is 0 Å². The Labute approximate surface area is 128 Å². The van der Waals surface area contributed by atoms with Gasteiger partial charge in [-0.3, -0.25) is 0 Å². The molecule has 0 fully saturated rings. The van der Waals surface area contributed by atoms with Gasteiger partial charge in [-0.2, -0.15) is 0 Å². The van der Waals surface area contributed by atoms with Gasteiger partial charge in [0.05, 0.1) is 7.85 Å². The Bertz CT molecular complexity index is 373. The van der Waals surface area contributed by atoms with Crippen LogP contribution < -0.4 is 0 Å². The number of hydrogen-bond acceptors (Lipinski definition) is 0. The van der Waals surface area contributed by atoms with E-state index in [0.29, 0.717) is 5.92 Å². The quantitative estimate of drug-likeness (QED) is 0.579. The van der Waals surface area contributed by atoms with Crippen LogP contribution in [0.2, 0.25) is 6.82 Å². The Hall–Kier alpha value is -0.715.